The molecule has 100 valence electrons. The average Bonchev–Trinajstić information content (AvgIpc) is 2.30. The molecule has 1 heterocycles. The summed E-state index contributed by atoms with van der Waals surface area (Å²) in [5.41, 5.74) is 0. The minimum Gasteiger partial charge on any atom is -0.391 e. The molecular formula is C14H28N2O. The molecule has 0 aromatic heterocycles. The van der Waals surface area contributed by atoms with Crippen molar-refractivity contribution in [1.29, 1.82) is 0 Å². The zero-order valence-electron chi connectivity index (χ0n) is 11.4. The summed E-state index contributed by atoms with van der Waals surface area (Å²) in [5.74, 6) is 0.766. The van der Waals surface area contributed by atoms with Crippen LogP contribution in [0.2, 0.25) is 0 Å². The van der Waals surface area contributed by atoms with Crippen molar-refractivity contribution in [3.8, 4) is 0 Å². The highest BCUT2D eigenvalue weighted by atomic mass is 16.3. The number of nitrogens with zero attached hydrogens (tertiary/aromatic N) is 2. The molecule has 0 radical (unpaired) electrons. The van der Waals surface area contributed by atoms with Crippen molar-refractivity contribution in [1.82, 2.24) is 9.80 Å². The lowest BCUT2D eigenvalue weighted by atomic mass is 9.91. The van der Waals surface area contributed by atoms with Gasteiger partial charge in [-0.2, -0.15) is 0 Å². The van der Waals surface area contributed by atoms with E-state index >= 15 is 0 Å². The summed E-state index contributed by atoms with van der Waals surface area (Å²) in [7, 11) is 0. The Balaban J connectivity index is 1.78. The molecule has 1 saturated carbocycles. The van der Waals surface area contributed by atoms with Gasteiger partial charge in [-0.25, -0.2) is 0 Å². The topological polar surface area (TPSA) is 26.7 Å². The summed E-state index contributed by atoms with van der Waals surface area (Å²) < 4.78 is 0. The number of aliphatic hydroxyl groups is 1. The van der Waals surface area contributed by atoms with Crippen LogP contribution in [-0.4, -0.2) is 59.8 Å². The normalized spacial score (nSPS) is 33.2. The Bertz CT molecular complexity index is 224. The maximum atomic E-state index is 10.1. The fraction of sp³-hybridized carbons (Fsp3) is 1.00. The molecule has 2 fully saturated rings. The first-order chi connectivity index (χ1) is 8.16. The van der Waals surface area contributed by atoms with Crippen LogP contribution < -0.4 is 0 Å². The molecule has 3 heteroatoms. The van der Waals surface area contributed by atoms with Crippen LogP contribution in [0, 0.1) is 5.92 Å². The third-order valence-corrected chi connectivity index (χ3v) is 4.19. The lowest BCUT2D eigenvalue weighted by molar-refractivity contribution is -0.00497. The Morgan fingerprint density at radius 2 is 1.71 bits per heavy atom. The summed E-state index contributed by atoms with van der Waals surface area (Å²) in [4.78, 5) is 5.09. The second kappa shape index (κ2) is 6.17. The van der Waals surface area contributed by atoms with Gasteiger partial charge >= 0.3 is 0 Å². The average molecular weight is 240 g/mol. The Hall–Kier alpha value is -0.120. The molecule has 2 rings (SSSR count). The number of hydrogen-bond donors (Lipinski definition) is 1. The standard InChI is InChI=1S/C14H28N2O/c1-12(2)11-15-7-9-16(10-8-15)13-5-3-4-6-14(13)17/h12-14,17H,3-11H2,1-2H3. The van der Waals surface area contributed by atoms with E-state index in [-0.39, 0.29) is 6.10 Å². The first-order valence-corrected chi connectivity index (χ1v) is 7.31. The molecule has 3 nitrogen and oxygen atoms in total. The van der Waals surface area contributed by atoms with Crippen LogP contribution in [0.3, 0.4) is 0 Å². The van der Waals surface area contributed by atoms with Crippen molar-refractivity contribution in [2.45, 2.75) is 51.7 Å². The Kier molecular flexibility index (Phi) is 4.83. The molecule has 0 aromatic carbocycles. The first-order valence-electron chi connectivity index (χ1n) is 7.31. The van der Waals surface area contributed by atoms with Gasteiger partial charge in [-0.1, -0.05) is 26.7 Å². The summed E-state index contributed by atoms with van der Waals surface area (Å²) in [5, 5.41) is 10.1. The highest BCUT2D eigenvalue weighted by Gasteiger charge is 2.30. The summed E-state index contributed by atoms with van der Waals surface area (Å²) >= 11 is 0. The van der Waals surface area contributed by atoms with Gasteiger partial charge < -0.3 is 10.0 Å². The van der Waals surface area contributed by atoms with Crippen LogP contribution in [0.4, 0.5) is 0 Å². The van der Waals surface area contributed by atoms with E-state index in [9.17, 15) is 5.11 Å². The van der Waals surface area contributed by atoms with Gasteiger partial charge in [0.15, 0.2) is 0 Å². The summed E-state index contributed by atoms with van der Waals surface area (Å²) in [6.45, 7) is 10.5. The molecule has 1 aliphatic carbocycles. The zero-order valence-corrected chi connectivity index (χ0v) is 11.4. The number of aliphatic hydroxyl groups excluding tert-OH is 1. The van der Waals surface area contributed by atoms with Crippen LogP contribution in [0.1, 0.15) is 39.5 Å². The molecule has 2 aliphatic rings. The fourth-order valence-corrected chi connectivity index (χ4v) is 3.31. The Labute approximate surface area is 106 Å². The largest absolute Gasteiger partial charge is 0.391 e. The summed E-state index contributed by atoms with van der Waals surface area (Å²) in [6, 6.07) is 0.449. The quantitative estimate of drug-likeness (QED) is 0.811. The Morgan fingerprint density at radius 1 is 1.06 bits per heavy atom. The molecule has 0 spiro atoms. The third-order valence-electron chi connectivity index (χ3n) is 4.19. The molecule has 1 N–H and O–H groups in total. The predicted molar refractivity (Wildman–Crippen MR) is 71.1 cm³/mol. The van der Waals surface area contributed by atoms with Crippen LogP contribution >= 0.6 is 0 Å². The van der Waals surface area contributed by atoms with Gasteiger partial charge in [-0.15, -0.1) is 0 Å². The maximum Gasteiger partial charge on any atom is 0.0695 e. The van der Waals surface area contributed by atoms with Crippen molar-refractivity contribution in [2.75, 3.05) is 32.7 Å². The summed E-state index contributed by atoms with van der Waals surface area (Å²) in [6.07, 6.45) is 4.65. The molecule has 0 aromatic rings. The SMILES string of the molecule is CC(C)CN1CCN(C2CCCCC2O)CC1. The van der Waals surface area contributed by atoms with E-state index in [0.717, 1.165) is 25.4 Å². The second-order valence-corrected chi connectivity index (χ2v) is 6.15. The van der Waals surface area contributed by atoms with Gasteiger partial charge in [0.2, 0.25) is 0 Å². The van der Waals surface area contributed by atoms with Crippen molar-refractivity contribution < 1.29 is 5.11 Å². The highest BCUT2D eigenvalue weighted by Crippen LogP contribution is 2.24. The van der Waals surface area contributed by atoms with E-state index in [1.54, 1.807) is 0 Å². The molecule has 0 amide bonds. The predicted octanol–water partition coefficient (Wildman–Crippen LogP) is 1.56. The number of rotatable bonds is 3. The Morgan fingerprint density at radius 3 is 2.29 bits per heavy atom. The molecule has 2 unspecified atom stereocenters. The molecule has 1 saturated heterocycles. The van der Waals surface area contributed by atoms with Crippen molar-refractivity contribution >= 4 is 0 Å². The number of piperazine rings is 1. The van der Waals surface area contributed by atoms with Gasteiger partial charge in [-0.3, -0.25) is 4.90 Å². The number of hydrogen-bond acceptors (Lipinski definition) is 3. The highest BCUT2D eigenvalue weighted by molar-refractivity contribution is 4.86. The second-order valence-electron chi connectivity index (χ2n) is 6.15. The molecule has 17 heavy (non-hydrogen) atoms. The zero-order chi connectivity index (χ0) is 12.3. The lowest BCUT2D eigenvalue weighted by Gasteiger charge is -2.43. The van der Waals surface area contributed by atoms with E-state index in [4.69, 9.17) is 0 Å². The molecule has 1 aliphatic heterocycles. The van der Waals surface area contributed by atoms with Crippen molar-refractivity contribution in [2.24, 2.45) is 5.92 Å². The minimum atomic E-state index is -0.0691. The molecule has 0 bridgehead atoms. The van der Waals surface area contributed by atoms with E-state index in [0.29, 0.717) is 6.04 Å². The first kappa shape index (κ1) is 13.3. The van der Waals surface area contributed by atoms with E-state index in [1.165, 1.54) is 38.9 Å². The van der Waals surface area contributed by atoms with Gasteiger partial charge in [-0.05, 0) is 18.8 Å². The monoisotopic (exact) mass is 240 g/mol. The van der Waals surface area contributed by atoms with E-state index < -0.39 is 0 Å². The lowest BCUT2D eigenvalue weighted by Crippen LogP contribution is -2.54. The van der Waals surface area contributed by atoms with Gasteiger partial charge in [0.05, 0.1) is 6.10 Å². The van der Waals surface area contributed by atoms with Gasteiger partial charge in [0.1, 0.15) is 0 Å². The van der Waals surface area contributed by atoms with Crippen molar-refractivity contribution in [3.63, 3.8) is 0 Å². The van der Waals surface area contributed by atoms with Gasteiger partial charge in [0.25, 0.3) is 0 Å². The smallest absolute Gasteiger partial charge is 0.0695 e. The van der Waals surface area contributed by atoms with E-state index in [2.05, 4.69) is 23.6 Å². The third kappa shape index (κ3) is 3.67. The van der Waals surface area contributed by atoms with E-state index in [1.807, 2.05) is 0 Å². The minimum absolute atomic E-state index is 0.0691. The molecule has 2 atom stereocenters. The molecular weight excluding hydrogens is 212 g/mol. The van der Waals surface area contributed by atoms with Crippen LogP contribution in [-0.2, 0) is 0 Å². The van der Waals surface area contributed by atoms with Crippen LogP contribution in [0.15, 0.2) is 0 Å². The van der Waals surface area contributed by atoms with Gasteiger partial charge in [0, 0.05) is 38.8 Å². The fourth-order valence-electron chi connectivity index (χ4n) is 3.31. The van der Waals surface area contributed by atoms with Crippen molar-refractivity contribution in [3.05, 3.63) is 0 Å². The maximum absolute atomic E-state index is 10.1. The van der Waals surface area contributed by atoms with Crippen LogP contribution in [0.5, 0.6) is 0 Å². The van der Waals surface area contributed by atoms with Crippen LogP contribution in [0.25, 0.3) is 0 Å².